The van der Waals surface area contributed by atoms with Crippen LogP contribution < -0.4 is 15.0 Å². The lowest BCUT2D eigenvalue weighted by Gasteiger charge is -2.40. The van der Waals surface area contributed by atoms with E-state index in [1.54, 1.807) is 6.92 Å². The van der Waals surface area contributed by atoms with Gasteiger partial charge < -0.3 is 25.0 Å². The largest absolute Gasteiger partial charge is 0.508 e. The molecule has 0 saturated carbocycles. The van der Waals surface area contributed by atoms with Gasteiger partial charge >= 0.3 is 6.01 Å². The highest BCUT2D eigenvalue weighted by molar-refractivity contribution is 6.03. The number of likely N-dealkylation sites (tertiary alicyclic amines) is 1. The van der Waals surface area contributed by atoms with E-state index in [1.807, 2.05) is 11.9 Å². The molecule has 2 bridgehead atoms. The number of hydrogen-bond donors (Lipinski definition) is 2. The summed E-state index contributed by atoms with van der Waals surface area (Å²) < 4.78 is 65.6. The van der Waals surface area contributed by atoms with E-state index in [4.69, 9.17) is 16.1 Å². The summed E-state index contributed by atoms with van der Waals surface area (Å²) in [4.78, 5) is 17.6. The number of nitrogens with one attached hydrogen (secondary N) is 1. The van der Waals surface area contributed by atoms with Crippen molar-refractivity contribution in [1.82, 2.24) is 25.2 Å². The number of benzene rings is 2. The fourth-order valence-corrected chi connectivity index (χ4v) is 7.29. The fraction of sp³-hybridized carbons (Fsp3) is 0.382. The molecule has 238 valence electrons. The second kappa shape index (κ2) is 11.4. The Morgan fingerprint density at radius 3 is 2.65 bits per heavy atom. The molecular weight excluding hydrogens is 600 g/mol. The molecule has 2 N–H and O–H groups in total. The molecule has 2 aromatic heterocycles. The van der Waals surface area contributed by atoms with Gasteiger partial charge in [-0.15, -0.1) is 6.42 Å². The molecule has 12 heteroatoms. The molecule has 4 aromatic rings. The van der Waals surface area contributed by atoms with Crippen molar-refractivity contribution < 1.29 is 27.4 Å². The van der Waals surface area contributed by atoms with Gasteiger partial charge in [0.05, 0.1) is 10.9 Å². The van der Waals surface area contributed by atoms with Crippen LogP contribution in [-0.2, 0) is 0 Å². The molecule has 3 atom stereocenters. The minimum Gasteiger partial charge on any atom is -0.508 e. The Bertz CT molecular complexity index is 1950. The third kappa shape index (κ3) is 5.17. The topological polar surface area (TPSA) is 86.6 Å². The van der Waals surface area contributed by atoms with Crippen molar-refractivity contribution in [2.45, 2.75) is 38.3 Å². The van der Waals surface area contributed by atoms with Crippen molar-refractivity contribution in [1.29, 1.82) is 0 Å². The zero-order chi connectivity index (χ0) is 32.3. The number of ether oxygens (including phenoxy) is 1. The van der Waals surface area contributed by atoms with E-state index in [2.05, 4.69) is 26.1 Å². The number of hydrogen-bond acceptors (Lipinski definition) is 8. The van der Waals surface area contributed by atoms with E-state index in [1.165, 1.54) is 30.5 Å². The number of pyridine rings is 1. The first-order valence-corrected chi connectivity index (χ1v) is 15.2. The van der Waals surface area contributed by atoms with E-state index in [0.29, 0.717) is 42.8 Å². The lowest BCUT2D eigenvalue weighted by atomic mass is 9.78. The van der Waals surface area contributed by atoms with Crippen LogP contribution in [0.1, 0.15) is 31.7 Å². The molecule has 7 rings (SSSR count). The third-order valence-electron chi connectivity index (χ3n) is 9.45. The number of piperazine rings is 1. The molecular formula is C34H32F4N6O2. The summed E-state index contributed by atoms with van der Waals surface area (Å²) in [5, 5.41) is 15.0. The molecule has 0 unspecified atom stereocenters. The maximum atomic E-state index is 16.8. The van der Waals surface area contributed by atoms with Gasteiger partial charge in [-0.2, -0.15) is 18.7 Å². The second-order valence-electron chi connectivity index (χ2n) is 12.8. The van der Waals surface area contributed by atoms with Gasteiger partial charge in [-0.25, -0.2) is 8.78 Å². The summed E-state index contributed by atoms with van der Waals surface area (Å²) in [6.45, 7) is 3.64. The zero-order valence-corrected chi connectivity index (χ0v) is 25.4. The lowest BCUT2D eigenvalue weighted by molar-refractivity contribution is 0.104. The smallest absolute Gasteiger partial charge is 0.319 e. The fourth-order valence-electron chi connectivity index (χ4n) is 7.29. The molecule has 8 nitrogen and oxygen atoms in total. The molecule has 0 spiro atoms. The van der Waals surface area contributed by atoms with E-state index in [0.717, 1.165) is 12.8 Å². The Kier molecular flexibility index (Phi) is 7.48. The molecule has 5 heterocycles. The van der Waals surface area contributed by atoms with E-state index in [9.17, 15) is 18.3 Å². The molecule has 3 fully saturated rings. The van der Waals surface area contributed by atoms with Gasteiger partial charge in [0.25, 0.3) is 6.08 Å². The first-order chi connectivity index (χ1) is 22.0. The number of phenols is 1. The van der Waals surface area contributed by atoms with Crippen molar-refractivity contribution in [2.24, 2.45) is 5.41 Å². The molecule has 0 aliphatic carbocycles. The van der Waals surface area contributed by atoms with E-state index >= 15 is 4.39 Å². The second-order valence-corrected chi connectivity index (χ2v) is 12.8. The number of fused-ring (bicyclic) bond motifs is 4. The van der Waals surface area contributed by atoms with Crippen molar-refractivity contribution in [3.8, 4) is 35.4 Å². The van der Waals surface area contributed by atoms with Gasteiger partial charge in [0.2, 0.25) is 0 Å². The van der Waals surface area contributed by atoms with Crippen LogP contribution in [-0.4, -0.2) is 76.9 Å². The average molecular weight is 633 g/mol. The number of aromatic hydroxyl groups is 1. The number of rotatable bonds is 5. The lowest BCUT2D eigenvalue weighted by Crippen LogP contribution is -2.51. The normalized spacial score (nSPS) is 23.2. The number of terminal acetylenes is 1. The van der Waals surface area contributed by atoms with Gasteiger partial charge in [0.15, 0.2) is 5.82 Å². The Labute approximate surface area is 263 Å². The summed E-state index contributed by atoms with van der Waals surface area (Å²) >= 11 is 0. The monoisotopic (exact) mass is 632 g/mol. The van der Waals surface area contributed by atoms with Crippen molar-refractivity contribution >= 4 is 27.5 Å². The first-order valence-electron chi connectivity index (χ1n) is 15.2. The predicted molar refractivity (Wildman–Crippen MR) is 167 cm³/mol. The van der Waals surface area contributed by atoms with Gasteiger partial charge in [0.1, 0.15) is 35.2 Å². The maximum Gasteiger partial charge on any atom is 0.319 e. The quantitative estimate of drug-likeness (QED) is 0.217. The molecule has 2 aromatic carbocycles. The predicted octanol–water partition coefficient (Wildman–Crippen LogP) is 5.62. The van der Waals surface area contributed by atoms with Crippen molar-refractivity contribution in [3.63, 3.8) is 0 Å². The van der Waals surface area contributed by atoms with Crippen LogP contribution >= 0.6 is 0 Å². The van der Waals surface area contributed by atoms with E-state index < -0.39 is 23.1 Å². The minimum atomic E-state index is -1.72. The van der Waals surface area contributed by atoms with Crippen LogP contribution in [0, 0.1) is 29.4 Å². The summed E-state index contributed by atoms with van der Waals surface area (Å²) in [7, 11) is 1.86. The molecule has 0 radical (unpaired) electrons. The summed E-state index contributed by atoms with van der Waals surface area (Å²) in [6, 6.07) is 5.64. The number of nitrogens with zero attached hydrogens (tertiary/aromatic N) is 5. The average Bonchev–Trinajstić information content (AvgIpc) is 3.36. The zero-order valence-electron chi connectivity index (χ0n) is 25.4. The number of phenolic OH excluding ortho intramolecular Hbond substituents is 1. The maximum absolute atomic E-state index is 16.8. The summed E-state index contributed by atoms with van der Waals surface area (Å²) in [5.74, 6) is 1.06. The summed E-state index contributed by atoms with van der Waals surface area (Å²) in [6.07, 6.45) is 7.59. The molecule has 3 aliphatic heterocycles. The van der Waals surface area contributed by atoms with Crippen molar-refractivity contribution in [2.75, 3.05) is 44.7 Å². The highest BCUT2D eigenvalue weighted by Crippen LogP contribution is 2.41. The minimum absolute atomic E-state index is 0.0234. The number of aromatic nitrogens is 3. The molecule has 3 saturated heterocycles. The van der Waals surface area contributed by atoms with Crippen molar-refractivity contribution in [3.05, 3.63) is 59.3 Å². The molecule has 0 amide bonds. The van der Waals surface area contributed by atoms with Crippen LogP contribution in [0.3, 0.4) is 0 Å². The van der Waals surface area contributed by atoms with Crippen LogP contribution in [0.4, 0.5) is 23.4 Å². The Morgan fingerprint density at radius 2 is 1.93 bits per heavy atom. The molecule has 46 heavy (non-hydrogen) atoms. The van der Waals surface area contributed by atoms with Gasteiger partial charge in [0, 0.05) is 66.4 Å². The first kappa shape index (κ1) is 30.2. The highest BCUT2D eigenvalue weighted by Gasteiger charge is 2.39. The SMILES string of the molecule is C#Cc1c(F)ccc2cc(O)cc(-c3ncc4c(N5C[C@H]6CC[C@@H](C5)N6)nc(OC[C@@]5(C)CN(C)CCC5=C(F)F)nc4c3F)c12. The van der Waals surface area contributed by atoms with Gasteiger partial charge in [-0.1, -0.05) is 18.9 Å². The van der Waals surface area contributed by atoms with Crippen LogP contribution in [0.15, 0.2) is 42.1 Å². The third-order valence-corrected chi connectivity index (χ3v) is 9.45. The highest BCUT2D eigenvalue weighted by atomic mass is 19.3. The Balaban J connectivity index is 1.38. The standard InChI is InChI=1S/C34H32F4N6O2/c1-4-22-26(35)8-5-18-11-21(45)12-23(27(18)22)29-28(36)30-24(13-39-29)32(44-14-19-6-7-20(15-44)40-19)42-33(41-30)46-17-34(2)16-43(3)10-9-25(34)31(37)38/h1,5,8,11-13,19-20,40,45H,6-7,9-10,14-17H2,2-3H3/t19-,20+,34-/m1/s1. The number of halogens is 4. The number of anilines is 1. The van der Waals surface area contributed by atoms with Crippen LogP contribution in [0.2, 0.25) is 0 Å². The summed E-state index contributed by atoms with van der Waals surface area (Å²) in [5.41, 5.74) is -1.30. The molecule has 3 aliphatic rings. The van der Waals surface area contributed by atoms with Gasteiger partial charge in [-0.3, -0.25) is 4.98 Å². The van der Waals surface area contributed by atoms with Gasteiger partial charge in [-0.05, 0) is 49.9 Å². The van der Waals surface area contributed by atoms with Crippen LogP contribution in [0.25, 0.3) is 32.9 Å². The Hall–Kier alpha value is -4.47. The number of piperidine rings is 1. The van der Waals surface area contributed by atoms with E-state index in [-0.39, 0.29) is 70.2 Å². The van der Waals surface area contributed by atoms with Crippen LogP contribution in [0.5, 0.6) is 11.8 Å². The Morgan fingerprint density at radius 1 is 1.17 bits per heavy atom.